The molecule has 33 heavy (non-hydrogen) atoms. The van der Waals surface area contributed by atoms with Crippen molar-refractivity contribution in [3.8, 4) is 5.82 Å². The summed E-state index contributed by atoms with van der Waals surface area (Å²) in [6.07, 6.45) is 1.72. The van der Waals surface area contributed by atoms with Gasteiger partial charge in [0.15, 0.2) is 5.16 Å². The smallest absolute Gasteiger partial charge is 0.267 e. The minimum absolute atomic E-state index is 0.00956. The third-order valence-corrected chi connectivity index (χ3v) is 6.26. The average molecular weight is 459 g/mol. The Bertz CT molecular complexity index is 1320. The van der Waals surface area contributed by atoms with Crippen LogP contribution in [-0.2, 0) is 11.3 Å². The molecule has 0 fully saturated rings. The van der Waals surface area contributed by atoms with Gasteiger partial charge in [0.2, 0.25) is 5.91 Å². The lowest BCUT2D eigenvalue weighted by Crippen LogP contribution is -2.37. The number of carbonyl (C=O) groups excluding carboxylic acids is 1. The Labute approximate surface area is 197 Å². The van der Waals surface area contributed by atoms with Gasteiger partial charge in [-0.05, 0) is 50.1 Å². The van der Waals surface area contributed by atoms with Crippen LogP contribution in [0.1, 0.15) is 25.0 Å². The first-order valence-electron chi connectivity index (χ1n) is 10.8. The van der Waals surface area contributed by atoms with E-state index in [1.807, 2.05) is 80.3 Å². The summed E-state index contributed by atoms with van der Waals surface area (Å²) >= 11 is 1.26. The highest BCUT2D eigenvalue weighted by Crippen LogP contribution is 2.22. The fourth-order valence-corrected chi connectivity index (χ4v) is 4.44. The van der Waals surface area contributed by atoms with Gasteiger partial charge in [0.05, 0.1) is 16.7 Å². The Morgan fingerprint density at radius 2 is 1.76 bits per heavy atom. The first kappa shape index (κ1) is 22.7. The molecule has 0 saturated heterocycles. The molecule has 2 heterocycles. The number of benzene rings is 2. The van der Waals surface area contributed by atoms with Crippen LogP contribution in [0.4, 0.5) is 0 Å². The number of aryl methyl sites for hydroxylation is 1. The van der Waals surface area contributed by atoms with Crippen molar-refractivity contribution >= 4 is 28.6 Å². The second-order valence-corrected chi connectivity index (χ2v) is 9.08. The highest BCUT2D eigenvalue weighted by atomic mass is 32.2. The Morgan fingerprint density at radius 3 is 2.45 bits per heavy atom. The minimum Gasteiger partial charge on any atom is -0.335 e. The second kappa shape index (κ2) is 10.0. The highest BCUT2D eigenvalue weighted by Gasteiger charge is 2.20. The molecule has 4 rings (SSSR count). The largest absolute Gasteiger partial charge is 0.335 e. The number of hydrogen-bond acceptors (Lipinski definition) is 5. The number of pyridine rings is 1. The maximum absolute atomic E-state index is 13.3. The number of amides is 1. The van der Waals surface area contributed by atoms with E-state index in [0.29, 0.717) is 28.4 Å². The Hall–Kier alpha value is -3.45. The van der Waals surface area contributed by atoms with Gasteiger partial charge in [0.1, 0.15) is 5.82 Å². The standard InChI is InChI=1S/C26H26N4O2S/c1-18(2)29(16-20-9-5-4-6-10-20)24(31)17-33-26-28-22-12-8-7-11-21(22)25(32)30(26)23-14-13-19(3)15-27-23/h4-15,18H,16-17H2,1-3H3. The molecule has 4 aromatic rings. The van der Waals surface area contributed by atoms with E-state index < -0.39 is 0 Å². The molecule has 0 spiro atoms. The number of nitrogens with zero attached hydrogens (tertiary/aromatic N) is 4. The SMILES string of the molecule is Cc1ccc(-n2c(SCC(=O)N(Cc3ccccc3)C(C)C)nc3ccccc3c2=O)nc1. The molecule has 168 valence electrons. The Balaban J connectivity index is 1.66. The van der Waals surface area contributed by atoms with E-state index in [4.69, 9.17) is 4.98 Å². The van der Waals surface area contributed by atoms with Gasteiger partial charge in [-0.3, -0.25) is 9.59 Å². The number of thioether (sulfide) groups is 1. The molecule has 0 aliphatic rings. The number of para-hydroxylation sites is 1. The third-order valence-electron chi connectivity index (χ3n) is 5.33. The van der Waals surface area contributed by atoms with Crippen LogP contribution in [0.3, 0.4) is 0 Å². The van der Waals surface area contributed by atoms with Gasteiger partial charge in [0.25, 0.3) is 5.56 Å². The summed E-state index contributed by atoms with van der Waals surface area (Å²) in [5, 5.41) is 0.968. The Kier molecular flexibility index (Phi) is 6.89. The van der Waals surface area contributed by atoms with E-state index in [1.54, 1.807) is 18.3 Å². The van der Waals surface area contributed by atoms with Crippen LogP contribution >= 0.6 is 11.8 Å². The van der Waals surface area contributed by atoms with Gasteiger partial charge in [-0.1, -0.05) is 60.3 Å². The van der Waals surface area contributed by atoms with E-state index in [1.165, 1.54) is 16.3 Å². The van der Waals surface area contributed by atoms with Crippen molar-refractivity contribution in [2.45, 2.75) is 38.5 Å². The molecule has 0 aliphatic carbocycles. The van der Waals surface area contributed by atoms with Crippen LogP contribution in [0.25, 0.3) is 16.7 Å². The van der Waals surface area contributed by atoms with Crippen LogP contribution in [0.15, 0.2) is 82.9 Å². The average Bonchev–Trinajstić information content (AvgIpc) is 2.82. The van der Waals surface area contributed by atoms with Crippen LogP contribution in [0, 0.1) is 6.92 Å². The van der Waals surface area contributed by atoms with E-state index in [-0.39, 0.29) is 23.3 Å². The highest BCUT2D eigenvalue weighted by molar-refractivity contribution is 7.99. The van der Waals surface area contributed by atoms with Gasteiger partial charge in [-0.15, -0.1) is 0 Å². The predicted octanol–water partition coefficient (Wildman–Crippen LogP) is 4.62. The molecule has 0 aliphatic heterocycles. The van der Waals surface area contributed by atoms with Crippen LogP contribution in [0.2, 0.25) is 0 Å². The van der Waals surface area contributed by atoms with Crippen molar-refractivity contribution in [1.29, 1.82) is 0 Å². The van der Waals surface area contributed by atoms with Crippen molar-refractivity contribution < 1.29 is 4.79 Å². The number of rotatable bonds is 7. The molecule has 0 atom stereocenters. The summed E-state index contributed by atoms with van der Waals surface area (Å²) in [5.74, 6) is 0.648. The third kappa shape index (κ3) is 5.14. The fraction of sp³-hybridized carbons (Fsp3) is 0.231. The van der Waals surface area contributed by atoms with Gasteiger partial charge in [0, 0.05) is 18.8 Å². The molecule has 1 amide bonds. The van der Waals surface area contributed by atoms with Gasteiger partial charge in [-0.2, -0.15) is 0 Å². The Morgan fingerprint density at radius 1 is 1.03 bits per heavy atom. The molecular formula is C26H26N4O2S. The lowest BCUT2D eigenvalue weighted by atomic mass is 10.2. The van der Waals surface area contributed by atoms with E-state index in [2.05, 4.69) is 4.98 Å². The van der Waals surface area contributed by atoms with Crippen molar-refractivity contribution in [2.75, 3.05) is 5.75 Å². The van der Waals surface area contributed by atoms with Crippen LogP contribution in [0.5, 0.6) is 0 Å². The summed E-state index contributed by atoms with van der Waals surface area (Å²) < 4.78 is 1.50. The molecule has 6 nitrogen and oxygen atoms in total. The molecule has 2 aromatic heterocycles. The summed E-state index contributed by atoms with van der Waals surface area (Å²) in [6.45, 7) is 6.49. The first-order chi connectivity index (χ1) is 15.9. The van der Waals surface area contributed by atoms with Crippen LogP contribution in [-0.4, -0.2) is 37.1 Å². The summed E-state index contributed by atoms with van der Waals surface area (Å²) in [6, 6.07) is 20.9. The zero-order valence-corrected chi connectivity index (χ0v) is 19.7. The molecule has 0 saturated carbocycles. The van der Waals surface area contributed by atoms with Crippen molar-refractivity contribution in [3.63, 3.8) is 0 Å². The lowest BCUT2D eigenvalue weighted by Gasteiger charge is -2.27. The quantitative estimate of drug-likeness (QED) is 0.299. The molecule has 0 bridgehead atoms. The van der Waals surface area contributed by atoms with Gasteiger partial charge < -0.3 is 4.90 Å². The predicted molar refractivity (Wildman–Crippen MR) is 133 cm³/mol. The van der Waals surface area contributed by atoms with E-state index in [9.17, 15) is 9.59 Å². The number of hydrogen-bond donors (Lipinski definition) is 0. The molecular weight excluding hydrogens is 432 g/mol. The van der Waals surface area contributed by atoms with Crippen molar-refractivity contribution in [3.05, 3.63) is 94.4 Å². The van der Waals surface area contributed by atoms with Gasteiger partial charge in [-0.25, -0.2) is 14.5 Å². The fourth-order valence-electron chi connectivity index (χ4n) is 3.55. The lowest BCUT2D eigenvalue weighted by molar-refractivity contribution is -0.130. The zero-order valence-electron chi connectivity index (χ0n) is 18.9. The molecule has 0 radical (unpaired) electrons. The molecule has 0 N–H and O–H groups in total. The maximum atomic E-state index is 13.3. The minimum atomic E-state index is -0.197. The molecule has 0 unspecified atom stereocenters. The topological polar surface area (TPSA) is 68.1 Å². The summed E-state index contributed by atoms with van der Waals surface area (Å²) in [5.41, 5.74) is 2.48. The number of fused-ring (bicyclic) bond motifs is 1. The molecule has 7 heteroatoms. The van der Waals surface area contributed by atoms with E-state index in [0.717, 1.165) is 11.1 Å². The van der Waals surface area contributed by atoms with E-state index >= 15 is 0 Å². The first-order valence-corrected chi connectivity index (χ1v) is 11.8. The number of carbonyl (C=O) groups is 1. The monoisotopic (exact) mass is 458 g/mol. The van der Waals surface area contributed by atoms with Gasteiger partial charge >= 0.3 is 0 Å². The van der Waals surface area contributed by atoms with Crippen LogP contribution < -0.4 is 5.56 Å². The number of aromatic nitrogens is 3. The zero-order chi connectivity index (χ0) is 23.4. The van der Waals surface area contributed by atoms with Crippen molar-refractivity contribution in [1.82, 2.24) is 19.4 Å². The summed E-state index contributed by atoms with van der Waals surface area (Å²) in [7, 11) is 0. The normalized spacial score (nSPS) is 11.2. The maximum Gasteiger partial charge on any atom is 0.267 e. The molecule has 2 aromatic carbocycles. The summed E-state index contributed by atoms with van der Waals surface area (Å²) in [4.78, 5) is 37.5. The van der Waals surface area contributed by atoms with Crippen molar-refractivity contribution in [2.24, 2.45) is 0 Å². The second-order valence-electron chi connectivity index (χ2n) is 8.14.